The van der Waals surface area contributed by atoms with Gasteiger partial charge >= 0.3 is 0 Å². The number of hydrogen-bond donors (Lipinski definition) is 0. The van der Waals surface area contributed by atoms with Crippen molar-refractivity contribution in [2.75, 3.05) is 39.0 Å². The number of aryl methyl sites for hydroxylation is 1. The van der Waals surface area contributed by atoms with Crippen molar-refractivity contribution < 1.29 is 17.9 Å². The first-order valence-corrected chi connectivity index (χ1v) is 9.96. The van der Waals surface area contributed by atoms with Crippen LogP contribution in [0.4, 0.5) is 0 Å². The summed E-state index contributed by atoms with van der Waals surface area (Å²) >= 11 is 0. The molecule has 0 atom stereocenters. The standard InChI is InChI=1S/C17H26N2O4S/c1-3-14-24(21,22)19-12-10-18(11-13-19)17(20)9-8-15-6-4-5-7-16(15)23-2/h4-7H,3,8-14H2,1-2H3. The van der Waals surface area contributed by atoms with E-state index in [1.54, 1.807) is 12.0 Å². The maximum atomic E-state index is 12.4. The van der Waals surface area contributed by atoms with Gasteiger partial charge in [0.15, 0.2) is 0 Å². The van der Waals surface area contributed by atoms with E-state index >= 15 is 0 Å². The lowest BCUT2D eigenvalue weighted by Gasteiger charge is -2.34. The minimum atomic E-state index is -3.17. The third kappa shape index (κ3) is 4.70. The summed E-state index contributed by atoms with van der Waals surface area (Å²) in [6.07, 6.45) is 1.64. The lowest BCUT2D eigenvalue weighted by atomic mass is 10.1. The van der Waals surface area contributed by atoms with Crippen LogP contribution in [0, 0.1) is 0 Å². The van der Waals surface area contributed by atoms with Crippen molar-refractivity contribution in [3.05, 3.63) is 29.8 Å². The van der Waals surface area contributed by atoms with Crippen molar-refractivity contribution in [2.24, 2.45) is 0 Å². The minimum absolute atomic E-state index is 0.0634. The molecule has 0 N–H and O–H groups in total. The molecule has 0 aliphatic carbocycles. The van der Waals surface area contributed by atoms with Crippen LogP contribution in [0.25, 0.3) is 0 Å². The zero-order valence-electron chi connectivity index (χ0n) is 14.4. The minimum Gasteiger partial charge on any atom is -0.496 e. The molecule has 1 heterocycles. The molecule has 0 spiro atoms. The number of piperazine rings is 1. The van der Waals surface area contributed by atoms with Crippen molar-refractivity contribution >= 4 is 15.9 Å². The average Bonchev–Trinajstić information content (AvgIpc) is 2.60. The van der Waals surface area contributed by atoms with Crippen molar-refractivity contribution in [3.8, 4) is 5.75 Å². The van der Waals surface area contributed by atoms with E-state index in [0.29, 0.717) is 45.4 Å². The van der Waals surface area contributed by atoms with E-state index in [0.717, 1.165) is 11.3 Å². The van der Waals surface area contributed by atoms with E-state index in [1.165, 1.54) is 4.31 Å². The first kappa shape index (κ1) is 18.7. The average molecular weight is 354 g/mol. The predicted octanol–water partition coefficient (Wildman–Crippen LogP) is 1.51. The van der Waals surface area contributed by atoms with Crippen molar-refractivity contribution in [1.29, 1.82) is 0 Å². The van der Waals surface area contributed by atoms with Crippen LogP contribution < -0.4 is 4.74 Å². The molecule has 2 rings (SSSR count). The van der Waals surface area contributed by atoms with Crippen LogP contribution in [0.1, 0.15) is 25.3 Å². The van der Waals surface area contributed by atoms with Gasteiger partial charge < -0.3 is 9.64 Å². The number of amides is 1. The van der Waals surface area contributed by atoms with Gasteiger partial charge in [-0.15, -0.1) is 0 Å². The van der Waals surface area contributed by atoms with Crippen molar-refractivity contribution in [2.45, 2.75) is 26.2 Å². The highest BCUT2D eigenvalue weighted by molar-refractivity contribution is 7.89. The molecule has 1 fully saturated rings. The van der Waals surface area contributed by atoms with Gasteiger partial charge in [-0.1, -0.05) is 25.1 Å². The van der Waals surface area contributed by atoms with Gasteiger partial charge in [0.05, 0.1) is 12.9 Å². The molecule has 1 saturated heterocycles. The van der Waals surface area contributed by atoms with E-state index in [4.69, 9.17) is 4.74 Å². The van der Waals surface area contributed by atoms with Gasteiger partial charge in [0.1, 0.15) is 5.75 Å². The molecule has 134 valence electrons. The van der Waals surface area contributed by atoms with Crippen LogP contribution in [0.2, 0.25) is 0 Å². The molecule has 24 heavy (non-hydrogen) atoms. The monoisotopic (exact) mass is 354 g/mol. The van der Waals surface area contributed by atoms with Gasteiger partial charge in [-0.05, 0) is 24.5 Å². The lowest BCUT2D eigenvalue weighted by molar-refractivity contribution is -0.132. The number of para-hydroxylation sites is 1. The molecule has 0 bridgehead atoms. The summed E-state index contributed by atoms with van der Waals surface area (Å²) in [6.45, 7) is 3.57. The van der Waals surface area contributed by atoms with Crippen LogP contribution in [-0.2, 0) is 21.2 Å². The summed E-state index contributed by atoms with van der Waals surface area (Å²) < 4.78 is 30.9. The maximum absolute atomic E-state index is 12.4. The second kappa shape index (κ2) is 8.48. The van der Waals surface area contributed by atoms with Gasteiger partial charge in [0, 0.05) is 32.6 Å². The Morgan fingerprint density at radius 2 is 1.83 bits per heavy atom. The van der Waals surface area contributed by atoms with Crippen LogP contribution in [-0.4, -0.2) is 62.6 Å². The van der Waals surface area contributed by atoms with Gasteiger partial charge in [0.2, 0.25) is 15.9 Å². The van der Waals surface area contributed by atoms with Gasteiger partial charge in [-0.25, -0.2) is 8.42 Å². The van der Waals surface area contributed by atoms with Gasteiger partial charge in [-0.3, -0.25) is 4.79 Å². The first-order valence-electron chi connectivity index (χ1n) is 8.35. The zero-order valence-corrected chi connectivity index (χ0v) is 15.2. The molecule has 0 aromatic heterocycles. The fraction of sp³-hybridized carbons (Fsp3) is 0.588. The molecule has 7 heteroatoms. The molecular formula is C17H26N2O4S. The molecule has 1 aliphatic rings. The number of benzene rings is 1. The summed E-state index contributed by atoms with van der Waals surface area (Å²) in [6, 6.07) is 7.68. The number of methoxy groups -OCH3 is 1. The van der Waals surface area contributed by atoms with Crippen LogP contribution >= 0.6 is 0 Å². The van der Waals surface area contributed by atoms with Crippen LogP contribution in [0.5, 0.6) is 5.75 Å². The molecule has 1 aliphatic heterocycles. The van der Waals surface area contributed by atoms with Crippen molar-refractivity contribution in [1.82, 2.24) is 9.21 Å². The third-order valence-electron chi connectivity index (χ3n) is 4.25. The van der Waals surface area contributed by atoms with E-state index in [-0.39, 0.29) is 11.7 Å². The summed E-state index contributed by atoms with van der Waals surface area (Å²) in [5.74, 6) is 1.03. The maximum Gasteiger partial charge on any atom is 0.222 e. The number of rotatable bonds is 7. The summed E-state index contributed by atoms with van der Waals surface area (Å²) in [5, 5.41) is 0. The molecule has 0 radical (unpaired) electrons. The molecule has 0 unspecified atom stereocenters. The SMILES string of the molecule is CCCS(=O)(=O)N1CCN(C(=O)CCc2ccccc2OC)CC1. The normalized spacial score (nSPS) is 16.2. The van der Waals surface area contributed by atoms with E-state index in [9.17, 15) is 13.2 Å². The van der Waals surface area contributed by atoms with Crippen LogP contribution in [0.15, 0.2) is 24.3 Å². The second-order valence-electron chi connectivity index (χ2n) is 5.91. The molecular weight excluding hydrogens is 328 g/mol. The number of ether oxygens (including phenoxy) is 1. The van der Waals surface area contributed by atoms with Crippen LogP contribution in [0.3, 0.4) is 0 Å². The molecule has 1 aromatic carbocycles. The Balaban J connectivity index is 1.85. The largest absolute Gasteiger partial charge is 0.496 e. The van der Waals surface area contributed by atoms with E-state index in [1.807, 2.05) is 31.2 Å². The Bertz CT molecular complexity index is 652. The fourth-order valence-electron chi connectivity index (χ4n) is 2.91. The predicted molar refractivity (Wildman–Crippen MR) is 93.5 cm³/mol. The summed E-state index contributed by atoms with van der Waals surface area (Å²) in [4.78, 5) is 14.1. The number of carbonyl (C=O) groups excluding carboxylic acids is 1. The summed E-state index contributed by atoms with van der Waals surface area (Å²) in [5.41, 5.74) is 1.01. The Kier molecular flexibility index (Phi) is 6.62. The number of carbonyl (C=O) groups is 1. The second-order valence-corrected chi connectivity index (χ2v) is 8.00. The Morgan fingerprint density at radius 1 is 1.17 bits per heavy atom. The number of nitrogens with zero attached hydrogens (tertiary/aromatic N) is 2. The number of hydrogen-bond acceptors (Lipinski definition) is 4. The fourth-order valence-corrected chi connectivity index (χ4v) is 4.41. The topological polar surface area (TPSA) is 66.9 Å². The molecule has 6 nitrogen and oxygen atoms in total. The van der Waals surface area contributed by atoms with Gasteiger partial charge in [-0.2, -0.15) is 4.31 Å². The number of sulfonamides is 1. The molecule has 0 saturated carbocycles. The third-order valence-corrected chi connectivity index (χ3v) is 6.32. The lowest BCUT2D eigenvalue weighted by Crippen LogP contribution is -2.51. The highest BCUT2D eigenvalue weighted by atomic mass is 32.2. The van der Waals surface area contributed by atoms with E-state index in [2.05, 4.69) is 0 Å². The van der Waals surface area contributed by atoms with Crippen molar-refractivity contribution in [3.63, 3.8) is 0 Å². The smallest absolute Gasteiger partial charge is 0.222 e. The first-order chi connectivity index (χ1) is 11.5. The Hall–Kier alpha value is -1.60. The molecule has 1 amide bonds. The highest BCUT2D eigenvalue weighted by Crippen LogP contribution is 2.19. The Labute approximate surface area is 144 Å². The Morgan fingerprint density at radius 3 is 2.46 bits per heavy atom. The zero-order chi connectivity index (χ0) is 17.6. The quantitative estimate of drug-likeness (QED) is 0.744. The van der Waals surface area contributed by atoms with E-state index < -0.39 is 10.0 Å². The molecule has 1 aromatic rings. The van der Waals surface area contributed by atoms with Gasteiger partial charge in [0.25, 0.3) is 0 Å². The highest BCUT2D eigenvalue weighted by Gasteiger charge is 2.27. The summed E-state index contributed by atoms with van der Waals surface area (Å²) in [7, 11) is -1.55.